The Labute approximate surface area is 388 Å². The third kappa shape index (κ3) is 10.1. The van der Waals surface area contributed by atoms with E-state index in [0.29, 0.717) is 26.1 Å². The highest BCUT2D eigenvalue weighted by atomic mass is 28.4. The Bertz CT molecular complexity index is 2480. The minimum atomic E-state index is -2.66. The average molecular weight is 929 g/mol. The monoisotopic (exact) mass is 928 g/mol. The lowest BCUT2D eigenvalue weighted by atomic mass is 10.0. The van der Waals surface area contributed by atoms with Crippen molar-refractivity contribution in [2.45, 2.75) is 103 Å². The zero-order valence-electron chi connectivity index (χ0n) is 39.3. The van der Waals surface area contributed by atoms with Gasteiger partial charge < -0.3 is 18.3 Å². The first-order chi connectivity index (χ1) is 31.4. The van der Waals surface area contributed by atoms with E-state index in [2.05, 4.69) is 162 Å². The van der Waals surface area contributed by atoms with Crippen molar-refractivity contribution in [3.05, 3.63) is 188 Å². The summed E-state index contributed by atoms with van der Waals surface area (Å²) < 4.78 is 29.6. The molecular formula is C52H64N4O8Si2. The number of hydrogen-bond donors (Lipinski definition) is 2. The van der Waals surface area contributed by atoms with Gasteiger partial charge in [0.25, 0.3) is 27.8 Å². The van der Waals surface area contributed by atoms with Gasteiger partial charge in [-0.25, -0.2) is 9.59 Å². The summed E-state index contributed by atoms with van der Waals surface area (Å²) in [6.45, 7) is 18.6. The lowest BCUT2D eigenvalue weighted by Gasteiger charge is -2.43. The number of aromatic nitrogens is 4. The van der Waals surface area contributed by atoms with Gasteiger partial charge in [0.05, 0.1) is 25.4 Å². The first-order valence-electron chi connectivity index (χ1n) is 22.9. The van der Waals surface area contributed by atoms with Crippen LogP contribution in [0.3, 0.4) is 0 Å². The molecule has 2 aromatic heterocycles. The normalized spacial score (nSPS) is 21.3. The number of aromatic amines is 2. The quantitative estimate of drug-likeness (QED) is 0.141. The molecule has 0 saturated carbocycles. The van der Waals surface area contributed by atoms with Gasteiger partial charge in [-0.05, 0) is 55.5 Å². The number of ether oxygens (including phenoxy) is 2. The van der Waals surface area contributed by atoms with E-state index < -0.39 is 51.6 Å². The number of H-pyrrole nitrogens is 2. The summed E-state index contributed by atoms with van der Waals surface area (Å²) in [7, 11) is -5.32. The van der Waals surface area contributed by atoms with Crippen LogP contribution >= 0.6 is 0 Å². The van der Waals surface area contributed by atoms with Crippen LogP contribution < -0.4 is 43.2 Å². The topological polar surface area (TPSA) is 147 Å². The Hall–Kier alpha value is -5.49. The molecule has 6 atom stereocenters. The largest absolute Gasteiger partial charge is 0.405 e. The molecule has 4 heterocycles. The maximum Gasteiger partial charge on any atom is 0.330 e. The van der Waals surface area contributed by atoms with E-state index in [1.807, 2.05) is 24.3 Å². The Balaban J connectivity index is 0.000000196. The van der Waals surface area contributed by atoms with E-state index in [-0.39, 0.29) is 34.1 Å². The van der Waals surface area contributed by atoms with Gasteiger partial charge in [0.1, 0.15) is 12.5 Å². The molecule has 2 aliphatic heterocycles. The Morgan fingerprint density at radius 3 is 1.05 bits per heavy atom. The molecule has 4 aromatic carbocycles. The molecule has 6 aromatic rings. The fourth-order valence-corrected chi connectivity index (χ4v) is 18.9. The Morgan fingerprint density at radius 1 is 0.500 bits per heavy atom. The smallest absolute Gasteiger partial charge is 0.330 e. The summed E-state index contributed by atoms with van der Waals surface area (Å²) in [4.78, 5) is 52.0. The second-order valence-electron chi connectivity index (χ2n) is 19.7. The van der Waals surface area contributed by atoms with Gasteiger partial charge in [0.15, 0.2) is 0 Å². The highest BCUT2D eigenvalue weighted by Crippen LogP contribution is 2.40. The molecule has 0 aliphatic carbocycles. The standard InChI is InChI=1S/2C26H32N2O4Si/c2*1-19-17-24(28-16-15-23(29)27-25(28)30)32-22(19)18-31-33(26(2,3)4,20-11-7-5-8-12-20)21-13-9-6-10-14-21/h2*5-16,19,22,24H,17-18H2,1-4H3,(H,27,29,30)/t19-,22+,24+;19-,22+,24-/m00/s1. The van der Waals surface area contributed by atoms with Crippen LogP contribution in [0.2, 0.25) is 10.1 Å². The van der Waals surface area contributed by atoms with Crippen LogP contribution in [0.4, 0.5) is 0 Å². The van der Waals surface area contributed by atoms with E-state index in [1.165, 1.54) is 54.4 Å². The first-order valence-corrected chi connectivity index (χ1v) is 26.7. The lowest BCUT2D eigenvalue weighted by Crippen LogP contribution is -2.67. The maximum atomic E-state index is 12.3. The average Bonchev–Trinajstić information content (AvgIpc) is 3.85. The predicted molar refractivity (Wildman–Crippen MR) is 265 cm³/mol. The fourth-order valence-electron chi connectivity index (χ4n) is 9.73. The molecule has 0 spiro atoms. The minimum Gasteiger partial charge on any atom is -0.405 e. The third-order valence-electron chi connectivity index (χ3n) is 13.2. The summed E-state index contributed by atoms with van der Waals surface area (Å²) >= 11 is 0. The number of benzene rings is 4. The third-order valence-corrected chi connectivity index (χ3v) is 23.2. The molecule has 0 bridgehead atoms. The summed E-state index contributed by atoms with van der Waals surface area (Å²) in [5.74, 6) is 0.402. The van der Waals surface area contributed by atoms with E-state index in [9.17, 15) is 19.2 Å². The number of nitrogens with one attached hydrogen (secondary N) is 2. The molecule has 2 fully saturated rings. The van der Waals surface area contributed by atoms with Crippen LogP contribution in [-0.2, 0) is 18.3 Å². The predicted octanol–water partition coefficient (Wildman–Crippen LogP) is 6.07. The van der Waals surface area contributed by atoms with Crippen molar-refractivity contribution in [3.8, 4) is 0 Å². The second kappa shape index (κ2) is 20.2. The number of nitrogens with zero attached hydrogens (tertiary/aromatic N) is 2. The zero-order valence-corrected chi connectivity index (χ0v) is 41.3. The van der Waals surface area contributed by atoms with Crippen molar-refractivity contribution in [1.29, 1.82) is 0 Å². The first kappa shape index (κ1) is 48.4. The van der Waals surface area contributed by atoms with E-state index >= 15 is 0 Å². The van der Waals surface area contributed by atoms with Crippen molar-refractivity contribution in [3.63, 3.8) is 0 Å². The molecule has 348 valence electrons. The fraction of sp³-hybridized carbons (Fsp3) is 0.385. The Morgan fingerprint density at radius 2 is 0.788 bits per heavy atom. The van der Waals surface area contributed by atoms with E-state index in [0.717, 1.165) is 0 Å². The van der Waals surface area contributed by atoms with Crippen molar-refractivity contribution in [1.82, 2.24) is 19.1 Å². The molecule has 0 radical (unpaired) electrons. The summed E-state index contributed by atoms with van der Waals surface area (Å²) in [6, 6.07) is 44.8. The van der Waals surface area contributed by atoms with Crippen LogP contribution in [0.5, 0.6) is 0 Å². The molecular weight excluding hydrogens is 865 g/mol. The molecule has 2 saturated heterocycles. The molecule has 12 nitrogen and oxygen atoms in total. The van der Waals surface area contributed by atoms with Crippen LogP contribution in [0.15, 0.2) is 165 Å². The number of rotatable bonds is 12. The molecule has 0 amide bonds. The second-order valence-corrected chi connectivity index (χ2v) is 28.3. The summed E-state index contributed by atoms with van der Waals surface area (Å²) in [5, 5.41) is 4.66. The van der Waals surface area contributed by atoms with Gasteiger partial charge in [-0.2, -0.15) is 0 Å². The van der Waals surface area contributed by atoms with E-state index in [4.69, 9.17) is 18.3 Å². The highest BCUT2D eigenvalue weighted by Gasteiger charge is 2.52. The van der Waals surface area contributed by atoms with Gasteiger partial charge >= 0.3 is 11.4 Å². The molecule has 0 unspecified atom stereocenters. The van der Waals surface area contributed by atoms with Gasteiger partial charge in [-0.15, -0.1) is 0 Å². The molecule has 14 heteroatoms. The van der Waals surface area contributed by atoms with Gasteiger partial charge in [-0.1, -0.05) is 177 Å². The van der Waals surface area contributed by atoms with Crippen molar-refractivity contribution < 1.29 is 18.3 Å². The van der Waals surface area contributed by atoms with Crippen LogP contribution in [0.1, 0.15) is 80.7 Å². The molecule has 2 aliphatic rings. The molecule has 2 N–H and O–H groups in total. The van der Waals surface area contributed by atoms with Crippen molar-refractivity contribution in [2.75, 3.05) is 13.2 Å². The lowest BCUT2D eigenvalue weighted by molar-refractivity contribution is -0.0281. The van der Waals surface area contributed by atoms with Crippen molar-refractivity contribution in [2.24, 2.45) is 11.8 Å². The van der Waals surface area contributed by atoms with Gasteiger partial charge in [0.2, 0.25) is 0 Å². The maximum absolute atomic E-state index is 12.3. The molecule has 66 heavy (non-hydrogen) atoms. The van der Waals surface area contributed by atoms with E-state index in [1.54, 1.807) is 0 Å². The highest BCUT2D eigenvalue weighted by molar-refractivity contribution is 7.00. The number of hydrogen-bond acceptors (Lipinski definition) is 8. The molecule has 8 rings (SSSR count). The summed E-state index contributed by atoms with van der Waals surface area (Å²) in [5.41, 5.74) is -1.72. The van der Waals surface area contributed by atoms with Crippen LogP contribution in [0, 0.1) is 11.8 Å². The Kier molecular flexibility index (Phi) is 14.8. The van der Waals surface area contributed by atoms with Crippen LogP contribution in [-0.4, -0.2) is 61.2 Å². The summed E-state index contributed by atoms with van der Waals surface area (Å²) in [6.07, 6.45) is 3.22. The van der Waals surface area contributed by atoms with Gasteiger partial charge in [0, 0.05) is 24.5 Å². The SMILES string of the molecule is C[C@H]1C[C@@H](n2ccc(=O)[nH]c2=O)O[C@@H]1CO[Si](c1ccccc1)(c1ccccc1)C(C)(C)C.C[C@H]1C[C@H](n2ccc(=O)[nH]c2=O)O[C@@H]1CO[Si](c1ccccc1)(c1ccccc1)C(C)(C)C. The minimum absolute atomic E-state index is 0.118. The van der Waals surface area contributed by atoms with Gasteiger partial charge in [-0.3, -0.25) is 28.7 Å². The van der Waals surface area contributed by atoms with Crippen molar-refractivity contribution >= 4 is 37.4 Å². The zero-order chi connectivity index (χ0) is 47.3. The van der Waals surface area contributed by atoms with Crippen LogP contribution in [0.25, 0.3) is 0 Å².